The van der Waals surface area contributed by atoms with Gasteiger partial charge in [-0.05, 0) is 30.0 Å². The normalized spacial score (nSPS) is 22.5. The van der Waals surface area contributed by atoms with Gasteiger partial charge < -0.3 is 9.80 Å². The van der Waals surface area contributed by atoms with Gasteiger partial charge in [0.25, 0.3) is 5.91 Å². The lowest BCUT2D eigenvalue weighted by atomic mass is 10.0. The van der Waals surface area contributed by atoms with Crippen molar-refractivity contribution in [3.05, 3.63) is 29.1 Å². The van der Waals surface area contributed by atoms with Crippen molar-refractivity contribution in [3.8, 4) is 0 Å². The second-order valence-corrected chi connectivity index (χ2v) is 10.9. The summed E-state index contributed by atoms with van der Waals surface area (Å²) in [5.74, 6) is -1.75. The smallest absolute Gasteiger partial charge is 0.255 e. The lowest BCUT2D eigenvalue weighted by Crippen LogP contribution is -2.52. The Kier molecular flexibility index (Phi) is 5.97. The van der Waals surface area contributed by atoms with E-state index in [1.165, 1.54) is 15.3 Å². The number of imide groups is 1. The van der Waals surface area contributed by atoms with E-state index in [2.05, 4.69) is 5.32 Å². The molecule has 1 unspecified atom stereocenters. The topological polar surface area (TPSA) is 107 Å². The van der Waals surface area contributed by atoms with E-state index in [1.807, 2.05) is 13.8 Å². The molecule has 0 radical (unpaired) electrons. The van der Waals surface area contributed by atoms with E-state index in [-0.39, 0.29) is 55.6 Å². The van der Waals surface area contributed by atoms with Crippen LogP contribution in [0.2, 0.25) is 0 Å². The molecule has 9 nitrogen and oxygen atoms in total. The summed E-state index contributed by atoms with van der Waals surface area (Å²) >= 11 is 0. The molecule has 4 rings (SSSR count). The quantitative estimate of drug-likeness (QED) is 0.640. The minimum absolute atomic E-state index is 0.0250. The molecule has 3 amide bonds. The first-order valence-electron chi connectivity index (χ1n) is 10.8. The Morgan fingerprint density at radius 3 is 2.44 bits per heavy atom. The van der Waals surface area contributed by atoms with Crippen LogP contribution >= 0.6 is 0 Å². The largest absolute Gasteiger partial charge is 0.367 e. The SMILES string of the molecule is CC(C)CS(=O)(=O)N1CCN(c2cc3c(cc2F)C(=O)N(C2CCC(=O)NC2=O)C3)CC1. The summed E-state index contributed by atoms with van der Waals surface area (Å²) < 4.78 is 41.3. The molecule has 0 bridgehead atoms. The highest BCUT2D eigenvalue weighted by Crippen LogP contribution is 2.33. The molecule has 174 valence electrons. The predicted molar refractivity (Wildman–Crippen MR) is 115 cm³/mol. The number of fused-ring (bicyclic) bond motifs is 1. The van der Waals surface area contributed by atoms with E-state index in [1.54, 1.807) is 11.0 Å². The van der Waals surface area contributed by atoms with Gasteiger partial charge in [0, 0.05) is 44.7 Å². The first-order valence-corrected chi connectivity index (χ1v) is 12.4. The van der Waals surface area contributed by atoms with E-state index in [4.69, 9.17) is 0 Å². The third-order valence-corrected chi connectivity index (χ3v) is 8.35. The van der Waals surface area contributed by atoms with Crippen molar-refractivity contribution in [1.82, 2.24) is 14.5 Å². The number of nitrogens with zero attached hydrogens (tertiary/aromatic N) is 3. The fourth-order valence-corrected chi connectivity index (χ4v) is 6.33. The average molecular weight is 467 g/mol. The van der Waals surface area contributed by atoms with Crippen LogP contribution in [0, 0.1) is 11.7 Å². The number of anilines is 1. The zero-order chi connectivity index (χ0) is 23.2. The Morgan fingerprint density at radius 2 is 1.81 bits per heavy atom. The van der Waals surface area contributed by atoms with E-state index in [0.717, 1.165) is 0 Å². The maximum absolute atomic E-state index is 14.9. The fraction of sp³-hybridized carbons (Fsp3) is 0.571. The number of hydrogen-bond donors (Lipinski definition) is 1. The summed E-state index contributed by atoms with van der Waals surface area (Å²) in [6.45, 7) is 5.10. The number of sulfonamides is 1. The molecule has 0 saturated carbocycles. The molecule has 3 aliphatic rings. The molecule has 1 N–H and O–H groups in total. The highest BCUT2D eigenvalue weighted by atomic mass is 32.2. The number of amides is 3. The highest BCUT2D eigenvalue weighted by Gasteiger charge is 2.40. The second kappa shape index (κ2) is 8.43. The number of benzene rings is 1. The van der Waals surface area contributed by atoms with Gasteiger partial charge in [-0.2, -0.15) is 4.31 Å². The third kappa shape index (κ3) is 4.23. The Labute approximate surface area is 186 Å². The molecular weight excluding hydrogens is 439 g/mol. The van der Waals surface area contributed by atoms with Crippen molar-refractivity contribution in [1.29, 1.82) is 0 Å². The number of hydrogen-bond acceptors (Lipinski definition) is 6. The van der Waals surface area contributed by atoms with E-state index < -0.39 is 33.7 Å². The van der Waals surface area contributed by atoms with E-state index >= 15 is 0 Å². The number of halogens is 1. The summed E-state index contributed by atoms with van der Waals surface area (Å²) in [7, 11) is -3.34. The summed E-state index contributed by atoms with van der Waals surface area (Å²) in [6, 6.07) is 2.06. The predicted octanol–water partition coefficient (Wildman–Crippen LogP) is 0.695. The van der Waals surface area contributed by atoms with Gasteiger partial charge >= 0.3 is 0 Å². The molecule has 2 fully saturated rings. The zero-order valence-electron chi connectivity index (χ0n) is 18.1. The number of piperidine rings is 1. The van der Waals surface area contributed by atoms with Crippen molar-refractivity contribution in [2.45, 2.75) is 39.3 Å². The van der Waals surface area contributed by atoms with Crippen LogP contribution in [0.4, 0.5) is 10.1 Å². The van der Waals surface area contributed by atoms with E-state index in [9.17, 15) is 27.2 Å². The van der Waals surface area contributed by atoms with Crippen LogP contribution in [-0.4, -0.2) is 73.3 Å². The van der Waals surface area contributed by atoms with Crippen LogP contribution in [0.15, 0.2) is 12.1 Å². The van der Waals surface area contributed by atoms with Crippen LogP contribution in [0.1, 0.15) is 42.6 Å². The fourth-order valence-electron chi connectivity index (χ4n) is 4.55. The minimum atomic E-state index is -3.34. The molecule has 3 heterocycles. The van der Waals surface area contributed by atoms with Crippen LogP contribution in [0.25, 0.3) is 0 Å². The molecule has 0 spiro atoms. The van der Waals surface area contributed by atoms with Crippen molar-refractivity contribution >= 4 is 33.4 Å². The van der Waals surface area contributed by atoms with Crippen molar-refractivity contribution in [2.75, 3.05) is 36.8 Å². The van der Waals surface area contributed by atoms with Gasteiger partial charge in [-0.3, -0.25) is 19.7 Å². The minimum Gasteiger partial charge on any atom is -0.367 e. The van der Waals surface area contributed by atoms with Gasteiger partial charge in [0.15, 0.2) is 0 Å². The van der Waals surface area contributed by atoms with Crippen molar-refractivity contribution in [3.63, 3.8) is 0 Å². The molecule has 3 aliphatic heterocycles. The van der Waals surface area contributed by atoms with Gasteiger partial charge in [-0.15, -0.1) is 0 Å². The maximum atomic E-state index is 14.9. The Bertz CT molecular complexity index is 1070. The summed E-state index contributed by atoms with van der Waals surface area (Å²) in [6.07, 6.45) is 0.396. The van der Waals surface area contributed by atoms with Crippen molar-refractivity contribution < 1.29 is 27.2 Å². The van der Waals surface area contributed by atoms with Crippen molar-refractivity contribution in [2.24, 2.45) is 5.92 Å². The Morgan fingerprint density at radius 1 is 1.12 bits per heavy atom. The third-order valence-electron chi connectivity index (χ3n) is 6.11. The number of nitrogens with one attached hydrogen (secondary N) is 1. The zero-order valence-corrected chi connectivity index (χ0v) is 19.0. The monoisotopic (exact) mass is 466 g/mol. The summed E-state index contributed by atoms with van der Waals surface area (Å²) in [5, 5.41) is 2.25. The van der Waals surface area contributed by atoms with Gasteiger partial charge in [0.2, 0.25) is 21.8 Å². The molecule has 0 aromatic heterocycles. The van der Waals surface area contributed by atoms with E-state index in [0.29, 0.717) is 24.3 Å². The molecule has 0 aliphatic carbocycles. The van der Waals surface area contributed by atoms with Crippen LogP contribution < -0.4 is 10.2 Å². The molecule has 1 aromatic rings. The molecular formula is C21H27FN4O5S. The highest BCUT2D eigenvalue weighted by molar-refractivity contribution is 7.89. The average Bonchev–Trinajstić information content (AvgIpc) is 3.02. The lowest BCUT2D eigenvalue weighted by Gasteiger charge is -2.36. The standard InChI is InChI=1S/C21H27FN4O5S/c1-13(2)12-32(30,31)25-7-5-24(6-8-25)18-9-14-11-26(21(29)15(14)10-16(18)22)17-3-4-19(27)23-20(17)28/h9-10,13,17H,3-8,11-12H2,1-2H3,(H,23,27,28). The summed E-state index contributed by atoms with van der Waals surface area (Å²) in [4.78, 5) is 39.6. The lowest BCUT2D eigenvalue weighted by molar-refractivity contribution is -0.136. The molecule has 2 saturated heterocycles. The van der Waals surface area contributed by atoms with Gasteiger partial charge in [-0.25, -0.2) is 12.8 Å². The van der Waals surface area contributed by atoms with Crippen LogP contribution in [0.3, 0.4) is 0 Å². The van der Waals surface area contributed by atoms with Crippen LogP contribution in [0.5, 0.6) is 0 Å². The van der Waals surface area contributed by atoms with Gasteiger partial charge in [-0.1, -0.05) is 13.8 Å². The molecule has 32 heavy (non-hydrogen) atoms. The number of carbonyl (C=O) groups excluding carboxylic acids is 3. The summed E-state index contributed by atoms with van der Waals surface area (Å²) in [5.41, 5.74) is 1.16. The Hall–Kier alpha value is -2.53. The van der Waals surface area contributed by atoms with Crippen LogP contribution in [-0.2, 0) is 26.2 Å². The second-order valence-electron chi connectivity index (χ2n) is 8.92. The maximum Gasteiger partial charge on any atom is 0.255 e. The van der Waals surface area contributed by atoms with Gasteiger partial charge in [0.05, 0.1) is 11.4 Å². The molecule has 1 aromatic carbocycles. The number of rotatable bonds is 5. The molecule has 11 heteroatoms. The first-order chi connectivity index (χ1) is 15.1. The molecule has 1 atom stereocenters. The van der Waals surface area contributed by atoms with Gasteiger partial charge in [0.1, 0.15) is 11.9 Å². The number of piperazine rings is 1. The number of carbonyl (C=O) groups is 3. The Balaban J connectivity index is 1.49. The first kappa shape index (κ1) is 22.7.